The van der Waals surface area contributed by atoms with Crippen LogP contribution in [-0.4, -0.2) is 30.5 Å². The molecule has 2 aromatic heterocycles. The lowest BCUT2D eigenvalue weighted by Gasteiger charge is -2.28. The zero-order valence-electron chi connectivity index (χ0n) is 18.0. The second-order valence-corrected chi connectivity index (χ2v) is 8.18. The number of phenols is 2. The van der Waals surface area contributed by atoms with Crippen LogP contribution in [0, 0.1) is 6.92 Å². The first-order chi connectivity index (χ1) is 15.3. The predicted molar refractivity (Wildman–Crippen MR) is 120 cm³/mol. The number of aryl methyl sites for hydroxylation is 2. The third-order valence-electron chi connectivity index (χ3n) is 6.14. The molecule has 8 nitrogen and oxygen atoms in total. The molecule has 5 rings (SSSR count). The lowest BCUT2D eigenvalue weighted by molar-refractivity contribution is 0.0464. The van der Waals surface area contributed by atoms with Gasteiger partial charge in [-0.3, -0.25) is 13.9 Å². The SMILES string of the molecule is Cc1cccc(-c2c3c(=O)n(C)c(=O)n(C)c3c3n2CCO[C@H]3c2ccc(O)cc2O)c1. The van der Waals surface area contributed by atoms with E-state index in [0.29, 0.717) is 35.3 Å². The van der Waals surface area contributed by atoms with E-state index in [1.165, 1.54) is 23.7 Å². The largest absolute Gasteiger partial charge is 0.508 e. The first-order valence-corrected chi connectivity index (χ1v) is 10.3. The van der Waals surface area contributed by atoms with Gasteiger partial charge < -0.3 is 19.5 Å². The molecule has 0 spiro atoms. The Hall–Kier alpha value is -3.78. The van der Waals surface area contributed by atoms with E-state index >= 15 is 0 Å². The van der Waals surface area contributed by atoms with E-state index < -0.39 is 11.8 Å². The molecule has 0 saturated carbocycles. The van der Waals surface area contributed by atoms with Crippen LogP contribution in [0.4, 0.5) is 0 Å². The molecule has 2 aromatic carbocycles. The molecule has 0 bridgehead atoms. The van der Waals surface area contributed by atoms with Crippen LogP contribution >= 0.6 is 0 Å². The molecule has 0 amide bonds. The van der Waals surface area contributed by atoms with Crippen LogP contribution < -0.4 is 11.2 Å². The van der Waals surface area contributed by atoms with Crippen molar-refractivity contribution >= 4 is 10.9 Å². The second kappa shape index (κ2) is 7.13. The van der Waals surface area contributed by atoms with E-state index in [9.17, 15) is 19.8 Å². The zero-order chi connectivity index (χ0) is 22.7. The Balaban J connectivity index is 1.95. The fourth-order valence-corrected chi connectivity index (χ4v) is 4.66. The molecule has 3 heterocycles. The van der Waals surface area contributed by atoms with E-state index in [0.717, 1.165) is 21.4 Å². The molecule has 1 aliphatic heterocycles. The highest BCUT2D eigenvalue weighted by atomic mass is 16.5. The van der Waals surface area contributed by atoms with Crippen molar-refractivity contribution < 1.29 is 14.9 Å². The summed E-state index contributed by atoms with van der Waals surface area (Å²) in [4.78, 5) is 26.2. The smallest absolute Gasteiger partial charge is 0.331 e. The molecule has 0 saturated heterocycles. The summed E-state index contributed by atoms with van der Waals surface area (Å²) in [5.74, 6) is -0.187. The summed E-state index contributed by atoms with van der Waals surface area (Å²) in [5.41, 5.74) is 3.38. The fourth-order valence-electron chi connectivity index (χ4n) is 4.66. The van der Waals surface area contributed by atoms with E-state index in [2.05, 4.69) is 0 Å². The van der Waals surface area contributed by atoms with E-state index in [4.69, 9.17) is 4.74 Å². The maximum absolute atomic E-state index is 13.4. The van der Waals surface area contributed by atoms with Crippen LogP contribution in [0.5, 0.6) is 11.5 Å². The second-order valence-electron chi connectivity index (χ2n) is 8.18. The van der Waals surface area contributed by atoms with Crippen molar-refractivity contribution in [2.24, 2.45) is 14.1 Å². The van der Waals surface area contributed by atoms with Crippen LogP contribution in [0.25, 0.3) is 22.2 Å². The lowest BCUT2D eigenvalue weighted by Crippen LogP contribution is -2.37. The van der Waals surface area contributed by atoms with Gasteiger partial charge in [0, 0.05) is 32.3 Å². The van der Waals surface area contributed by atoms with Gasteiger partial charge in [0.1, 0.15) is 17.6 Å². The molecule has 32 heavy (non-hydrogen) atoms. The fraction of sp³-hybridized carbons (Fsp3) is 0.250. The maximum Gasteiger partial charge on any atom is 0.331 e. The highest BCUT2D eigenvalue weighted by Gasteiger charge is 2.34. The van der Waals surface area contributed by atoms with Gasteiger partial charge in [0.25, 0.3) is 5.56 Å². The van der Waals surface area contributed by atoms with E-state index in [-0.39, 0.29) is 17.1 Å². The topological polar surface area (TPSA) is 98.6 Å². The summed E-state index contributed by atoms with van der Waals surface area (Å²) < 4.78 is 10.7. The third-order valence-corrected chi connectivity index (χ3v) is 6.14. The Kier molecular flexibility index (Phi) is 4.49. The van der Waals surface area contributed by atoms with Crippen LogP contribution in [0.15, 0.2) is 52.1 Å². The van der Waals surface area contributed by atoms with Gasteiger partial charge in [-0.25, -0.2) is 4.79 Å². The number of ether oxygens (including phenoxy) is 1. The van der Waals surface area contributed by atoms with Crippen molar-refractivity contribution in [3.63, 3.8) is 0 Å². The minimum absolute atomic E-state index is 0.0657. The molecule has 0 fully saturated rings. The Bertz CT molecular complexity index is 1510. The Morgan fingerprint density at radius 2 is 1.81 bits per heavy atom. The van der Waals surface area contributed by atoms with Crippen LogP contribution in [0.1, 0.15) is 22.9 Å². The summed E-state index contributed by atoms with van der Waals surface area (Å²) in [5, 5.41) is 20.7. The van der Waals surface area contributed by atoms with Gasteiger partial charge in [0.15, 0.2) is 0 Å². The predicted octanol–water partition coefficient (Wildman–Crippen LogP) is 2.54. The first-order valence-electron chi connectivity index (χ1n) is 10.3. The van der Waals surface area contributed by atoms with Crippen molar-refractivity contribution in [3.05, 3.63) is 80.1 Å². The van der Waals surface area contributed by atoms with E-state index in [1.54, 1.807) is 13.1 Å². The highest BCUT2D eigenvalue weighted by molar-refractivity contribution is 5.96. The molecule has 0 unspecified atom stereocenters. The summed E-state index contributed by atoms with van der Waals surface area (Å²) in [6.07, 6.45) is -0.719. The van der Waals surface area contributed by atoms with Crippen LogP contribution in [-0.2, 0) is 25.4 Å². The number of aromatic nitrogens is 3. The minimum atomic E-state index is -0.719. The number of fused-ring (bicyclic) bond motifs is 3. The summed E-state index contributed by atoms with van der Waals surface area (Å²) in [6, 6.07) is 12.2. The van der Waals surface area contributed by atoms with Crippen molar-refractivity contribution in [3.8, 4) is 22.8 Å². The number of rotatable bonds is 2. The van der Waals surface area contributed by atoms with Gasteiger partial charge >= 0.3 is 5.69 Å². The summed E-state index contributed by atoms with van der Waals surface area (Å²) in [6.45, 7) is 2.83. The van der Waals surface area contributed by atoms with Crippen molar-refractivity contribution in [1.82, 2.24) is 13.7 Å². The van der Waals surface area contributed by atoms with Gasteiger partial charge in [-0.15, -0.1) is 0 Å². The lowest BCUT2D eigenvalue weighted by atomic mass is 10.0. The number of hydrogen-bond acceptors (Lipinski definition) is 5. The number of nitrogens with zero attached hydrogens (tertiary/aromatic N) is 3. The number of benzene rings is 2. The quantitative estimate of drug-likeness (QED) is 0.506. The van der Waals surface area contributed by atoms with Crippen LogP contribution in [0.2, 0.25) is 0 Å². The third kappa shape index (κ3) is 2.80. The number of phenolic OH excluding ortho intramolecular Hbond substituents is 2. The molecule has 0 aliphatic carbocycles. The standard InChI is InChI=1S/C24H23N3O5/c1-13-5-4-6-14(11-13)19-18-20(25(2)24(31)26(3)23(18)30)21-22(32-10-9-27(19)21)16-8-7-15(28)12-17(16)29/h4-8,11-12,22,28-29H,9-10H2,1-3H3/t22-/m0/s1. The van der Waals surface area contributed by atoms with Gasteiger partial charge in [0.05, 0.1) is 28.9 Å². The molecule has 0 radical (unpaired) electrons. The molecular formula is C24H23N3O5. The van der Waals surface area contributed by atoms with Crippen molar-refractivity contribution in [2.45, 2.75) is 19.6 Å². The molecule has 4 aromatic rings. The summed E-state index contributed by atoms with van der Waals surface area (Å²) in [7, 11) is 3.11. The zero-order valence-corrected chi connectivity index (χ0v) is 18.0. The molecule has 1 atom stereocenters. The minimum Gasteiger partial charge on any atom is -0.508 e. The van der Waals surface area contributed by atoms with Gasteiger partial charge in [-0.1, -0.05) is 23.8 Å². The normalized spacial score (nSPS) is 15.8. The highest BCUT2D eigenvalue weighted by Crippen LogP contribution is 2.43. The van der Waals surface area contributed by atoms with Crippen molar-refractivity contribution in [2.75, 3.05) is 6.61 Å². The number of hydrogen-bond donors (Lipinski definition) is 2. The average molecular weight is 433 g/mol. The Morgan fingerprint density at radius 1 is 1.03 bits per heavy atom. The van der Waals surface area contributed by atoms with E-state index in [1.807, 2.05) is 35.8 Å². The average Bonchev–Trinajstić information content (AvgIpc) is 3.12. The Labute approximate surface area is 183 Å². The number of aromatic hydroxyl groups is 2. The molecule has 2 N–H and O–H groups in total. The monoisotopic (exact) mass is 433 g/mol. The molecule has 164 valence electrons. The Morgan fingerprint density at radius 3 is 2.53 bits per heavy atom. The van der Waals surface area contributed by atoms with Crippen molar-refractivity contribution in [1.29, 1.82) is 0 Å². The summed E-state index contributed by atoms with van der Waals surface area (Å²) >= 11 is 0. The van der Waals surface area contributed by atoms with Gasteiger partial charge in [-0.05, 0) is 30.7 Å². The molecular weight excluding hydrogens is 410 g/mol. The van der Waals surface area contributed by atoms with Gasteiger partial charge in [0.2, 0.25) is 0 Å². The first kappa shape index (κ1) is 20.1. The molecule has 1 aliphatic rings. The van der Waals surface area contributed by atoms with Gasteiger partial charge in [-0.2, -0.15) is 0 Å². The van der Waals surface area contributed by atoms with Crippen LogP contribution in [0.3, 0.4) is 0 Å². The maximum atomic E-state index is 13.4. The molecule has 8 heteroatoms.